The average Bonchev–Trinajstić information content (AvgIpc) is 2.29. The molecular weight excluding hydrogens is 288 g/mol. The van der Waals surface area contributed by atoms with Crippen LogP contribution in [0.1, 0.15) is 13.3 Å². The van der Waals surface area contributed by atoms with Gasteiger partial charge in [-0.1, -0.05) is 19.1 Å². The third kappa shape index (κ3) is 3.86. The van der Waals surface area contributed by atoms with Gasteiger partial charge in [-0.25, -0.2) is 8.42 Å². The van der Waals surface area contributed by atoms with E-state index in [2.05, 4.69) is 4.72 Å². The Morgan fingerprint density at radius 2 is 2.00 bits per heavy atom. The Hall–Kier alpha value is -0.790. The van der Waals surface area contributed by atoms with Crippen LogP contribution in [0.5, 0.6) is 0 Å². The van der Waals surface area contributed by atoms with Crippen LogP contribution in [0, 0.1) is 0 Å². The van der Waals surface area contributed by atoms with Crippen LogP contribution in [-0.2, 0) is 10.0 Å². The molecule has 0 aliphatic carbocycles. The molecule has 0 bridgehead atoms. The predicted octanol–water partition coefficient (Wildman–Crippen LogP) is 2.21. The number of thioether (sulfide) groups is 1. The summed E-state index contributed by atoms with van der Waals surface area (Å²) in [6.07, 6.45) is 2.31. The fourth-order valence-electron chi connectivity index (χ4n) is 1.47. The topological polar surface area (TPSA) is 72.2 Å². The number of benzene rings is 1. The van der Waals surface area contributed by atoms with Crippen molar-refractivity contribution in [2.24, 2.45) is 5.73 Å². The van der Waals surface area contributed by atoms with Crippen molar-refractivity contribution in [3.63, 3.8) is 0 Å². The van der Waals surface area contributed by atoms with E-state index in [1.807, 2.05) is 18.4 Å². The molecule has 1 unspecified atom stereocenters. The van der Waals surface area contributed by atoms with Gasteiger partial charge in [0.2, 0.25) is 10.0 Å². The highest BCUT2D eigenvalue weighted by Crippen LogP contribution is 2.19. The van der Waals surface area contributed by atoms with E-state index in [1.54, 1.807) is 30.8 Å². The van der Waals surface area contributed by atoms with E-state index in [1.165, 1.54) is 0 Å². The van der Waals surface area contributed by atoms with Gasteiger partial charge in [0.25, 0.3) is 0 Å². The van der Waals surface area contributed by atoms with E-state index in [0.717, 1.165) is 4.90 Å². The molecule has 0 fully saturated rings. The minimum atomic E-state index is -3.57. The van der Waals surface area contributed by atoms with Crippen LogP contribution < -0.4 is 10.5 Å². The zero-order valence-corrected chi connectivity index (χ0v) is 12.7. The van der Waals surface area contributed by atoms with E-state index < -0.39 is 15.3 Å². The van der Waals surface area contributed by atoms with Crippen molar-refractivity contribution in [2.45, 2.75) is 23.5 Å². The van der Waals surface area contributed by atoms with Crippen LogP contribution in [0.25, 0.3) is 0 Å². The van der Waals surface area contributed by atoms with E-state index in [0.29, 0.717) is 12.1 Å². The molecule has 1 aromatic carbocycles. The molecule has 0 aliphatic heterocycles. The van der Waals surface area contributed by atoms with Crippen LogP contribution in [0.3, 0.4) is 0 Å². The van der Waals surface area contributed by atoms with Gasteiger partial charge in [-0.05, 0) is 36.9 Å². The summed E-state index contributed by atoms with van der Waals surface area (Å²) in [5, 5.41) is -0.840. The van der Waals surface area contributed by atoms with Crippen molar-refractivity contribution < 1.29 is 8.42 Å². The number of nitrogens with one attached hydrogen (secondary N) is 1. The minimum absolute atomic E-state index is 0.00858. The number of anilines is 1. The molecule has 0 saturated heterocycles. The van der Waals surface area contributed by atoms with Crippen molar-refractivity contribution in [3.8, 4) is 0 Å². The summed E-state index contributed by atoms with van der Waals surface area (Å²) in [6.45, 7) is 1.74. The van der Waals surface area contributed by atoms with Crippen molar-refractivity contribution in [3.05, 3.63) is 24.3 Å². The van der Waals surface area contributed by atoms with Crippen molar-refractivity contribution in [1.82, 2.24) is 0 Å². The molecule has 18 heavy (non-hydrogen) atoms. The van der Waals surface area contributed by atoms with Gasteiger partial charge in [-0.2, -0.15) is 0 Å². The van der Waals surface area contributed by atoms with Gasteiger partial charge < -0.3 is 5.73 Å². The second-order valence-corrected chi connectivity index (χ2v) is 6.89. The lowest BCUT2D eigenvalue weighted by Crippen LogP contribution is -2.37. The highest BCUT2D eigenvalue weighted by molar-refractivity contribution is 7.98. The lowest BCUT2D eigenvalue weighted by atomic mass is 10.3. The van der Waals surface area contributed by atoms with Gasteiger partial charge in [-0.3, -0.25) is 4.72 Å². The Bertz CT molecular complexity index is 512. The number of sulfonamides is 1. The SMILES string of the molecule is CCC(C(N)=S)S(=O)(=O)Nc1ccc(SC)cc1. The quantitative estimate of drug-likeness (QED) is 0.623. The highest BCUT2D eigenvalue weighted by Gasteiger charge is 2.26. The van der Waals surface area contributed by atoms with Gasteiger partial charge in [0, 0.05) is 10.6 Å². The van der Waals surface area contributed by atoms with Crippen LogP contribution in [0.15, 0.2) is 29.2 Å². The van der Waals surface area contributed by atoms with Gasteiger partial charge in [0.1, 0.15) is 5.25 Å². The molecule has 0 radical (unpaired) electrons. The summed E-state index contributed by atoms with van der Waals surface area (Å²) in [5.41, 5.74) is 5.96. The maximum absolute atomic E-state index is 12.0. The lowest BCUT2D eigenvalue weighted by Gasteiger charge is -2.16. The molecule has 0 saturated carbocycles. The van der Waals surface area contributed by atoms with E-state index in [9.17, 15) is 8.42 Å². The van der Waals surface area contributed by atoms with Crippen LogP contribution in [-0.4, -0.2) is 24.9 Å². The first-order valence-corrected chi connectivity index (χ1v) is 8.53. The van der Waals surface area contributed by atoms with E-state index in [4.69, 9.17) is 18.0 Å². The second kappa shape index (κ2) is 6.40. The van der Waals surface area contributed by atoms with Crippen LogP contribution in [0.2, 0.25) is 0 Å². The number of hydrogen-bond donors (Lipinski definition) is 2. The van der Waals surface area contributed by atoms with Gasteiger partial charge in [-0.15, -0.1) is 11.8 Å². The molecule has 3 N–H and O–H groups in total. The monoisotopic (exact) mass is 304 g/mol. The van der Waals surface area contributed by atoms with Crippen molar-refractivity contribution in [2.75, 3.05) is 11.0 Å². The molecule has 0 amide bonds. The summed E-state index contributed by atoms with van der Waals surface area (Å²) in [6, 6.07) is 7.14. The first-order valence-electron chi connectivity index (χ1n) is 5.35. The maximum atomic E-state index is 12.0. The fraction of sp³-hybridized carbons (Fsp3) is 0.364. The molecule has 1 rings (SSSR count). The van der Waals surface area contributed by atoms with E-state index >= 15 is 0 Å². The number of hydrogen-bond acceptors (Lipinski definition) is 4. The highest BCUT2D eigenvalue weighted by atomic mass is 32.2. The Morgan fingerprint density at radius 3 is 2.39 bits per heavy atom. The molecule has 0 heterocycles. The molecular formula is C11H16N2O2S3. The summed E-state index contributed by atoms with van der Waals surface area (Å²) >= 11 is 6.37. The molecule has 1 aromatic rings. The van der Waals surface area contributed by atoms with E-state index in [-0.39, 0.29) is 4.99 Å². The third-order valence-electron chi connectivity index (χ3n) is 2.41. The Labute approximate surface area is 117 Å². The first kappa shape index (κ1) is 15.3. The van der Waals surface area contributed by atoms with Gasteiger partial charge in [0.05, 0.1) is 4.99 Å². The molecule has 4 nitrogen and oxygen atoms in total. The molecule has 0 aliphatic rings. The van der Waals surface area contributed by atoms with Gasteiger partial charge in [0.15, 0.2) is 0 Å². The summed E-state index contributed by atoms with van der Waals surface area (Å²) in [5.74, 6) is 0. The van der Waals surface area contributed by atoms with Crippen LogP contribution in [0.4, 0.5) is 5.69 Å². The Balaban J connectivity index is 2.90. The summed E-state index contributed by atoms with van der Waals surface area (Å²) in [7, 11) is -3.57. The predicted molar refractivity (Wildman–Crippen MR) is 81.6 cm³/mol. The fourth-order valence-corrected chi connectivity index (χ4v) is 3.77. The largest absolute Gasteiger partial charge is 0.392 e. The maximum Gasteiger partial charge on any atom is 0.242 e. The van der Waals surface area contributed by atoms with Crippen LogP contribution >= 0.6 is 24.0 Å². The molecule has 0 aromatic heterocycles. The lowest BCUT2D eigenvalue weighted by molar-refractivity contribution is 0.594. The Morgan fingerprint density at radius 1 is 1.44 bits per heavy atom. The molecule has 100 valence electrons. The van der Waals surface area contributed by atoms with Crippen molar-refractivity contribution in [1.29, 1.82) is 0 Å². The smallest absolute Gasteiger partial charge is 0.242 e. The number of thiocarbonyl (C=S) groups is 1. The minimum Gasteiger partial charge on any atom is -0.392 e. The molecule has 7 heteroatoms. The number of nitrogens with two attached hydrogens (primary N) is 1. The summed E-state index contributed by atoms with van der Waals surface area (Å²) in [4.78, 5) is 1.06. The third-order valence-corrected chi connectivity index (χ3v) is 5.45. The second-order valence-electron chi connectivity index (χ2n) is 3.67. The molecule has 1 atom stereocenters. The summed E-state index contributed by atoms with van der Waals surface area (Å²) < 4.78 is 26.6. The number of rotatable bonds is 6. The van der Waals surface area contributed by atoms with Gasteiger partial charge >= 0.3 is 0 Å². The Kier molecular flexibility index (Phi) is 5.43. The first-order chi connectivity index (χ1) is 8.40. The average molecular weight is 304 g/mol. The zero-order valence-electron chi connectivity index (χ0n) is 10.2. The molecule has 0 spiro atoms. The van der Waals surface area contributed by atoms with Crippen molar-refractivity contribution >= 4 is 44.7 Å². The normalized spacial score (nSPS) is 13.0. The zero-order chi connectivity index (χ0) is 13.8. The standard InChI is InChI=1S/C11H16N2O2S3/c1-3-10(11(12)16)18(14,15)13-8-4-6-9(17-2)7-5-8/h4-7,10,13H,3H2,1-2H3,(H2,12,16).